The Morgan fingerprint density at radius 3 is 2.19 bits per heavy atom. The number of cyclic esters (lactones) is 2. The molecule has 1 fully saturated rings. The second-order valence-corrected chi connectivity index (χ2v) is 5.70. The molecule has 6 heteroatoms. The van der Waals surface area contributed by atoms with Gasteiger partial charge in [0, 0.05) is 20.0 Å². The Kier molecular flexibility index (Phi) is 3.96. The van der Waals surface area contributed by atoms with Crippen molar-refractivity contribution in [1.29, 1.82) is 0 Å². The first-order chi connectivity index (χ1) is 9.69. The van der Waals surface area contributed by atoms with Gasteiger partial charge in [0.05, 0.1) is 10.7 Å². The number of benzene rings is 1. The van der Waals surface area contributed by atoms with E-state index in [1.165, 1.54) is 20.0 Å². The van der Waals surface area contributed by atoms with Gasteiger partial charge >= 0.3 is 11.9 Å². The summed E-state index contributed by atoms with van der Waals surface area (Å²) in [6, 6.07) is 3.64. The van der Waals surface area contributed by atoms with Gasteiger partial charge in [0.1, 0.15) is 0 Å². The van der Waals surface area contributed by atoms with Gasteiger partial charge in [-0.3, -0.25) is 0 Å². The molecule has 5 nitrogen and oxygen atoms in total. The summed E-state index contributed by atoms with van der Waals surface area (Å²) in [7, 11) is 0. The SMILES string of the molecule is Cc1cc(Cl)c(NC=C2C(=O)OC(C)(C)OC2=O)cc1C. The minimum atomic E-state index is -1.25. The van der Waals surface area contributed by atoms with E-state index in [4.69, 9.17) is 21.1 Å². The van der Waals surface area contributed by atoms with Crippen LogP contribution in [-0.2, 0) is 19.1 Å². The third kappa shape index (κ3) is 3.36. The number of hydrogen-bond acceptors (Lipinski definition) is 5. The molecule has 1 saturated heterocycles. The molecule has 0 unspecified atom stereocenters. The summed E-state index contributed by atoms with van der Waals surface area (Å²) in [6.07, 6.45) is 1.25. The maximum atomic E-state index is 11.8. The van der Waals surface area contributed by atoms with Crippen LogP contribution in [0.2, 0.25) is 5.02 Å². The van der Waals surface area contributed by atoms with Gasteiger partial charge in [0.15, 0.2) is 5.57 Å². The van der Waals surface area contributed by atoms with Crippen LogP contribution in [-0.4, -0.2) is 17.7 Å². The summed E-state index contributed by atoms with van der Waals surface area (Å²) in [5, 5.41) is 3.34. The molecule has 0 radical (unpaired) electrons. The number of rotatable bonds is 2. The first-order valence-electron chi connectivity index (χ1n) is 6.40. The number of nitrogens with one attached hydrogen (secondary N) is 1. The molecule has 1 aromatic rings. The lowest BCUT2D eigenvalue weighted by molar-refractivity contribution is -0.222. The molecule has 1 aromatic carbocycles. The molecule has 0 bridgehead atoms. The first-order valence-corrected chi connectivity index (χ1v) is 6.77. The quantitative estimate of drug-likeness (QED) is 0.516. The predicted octanol–water partition coefficient (Wildman–Crippen LogP) is 3.09. The molecule has 112 valence electrons. The lowest BCUT2D eigenvalue weighted by Gasteiger charge is -2.29. The maximum Gasteiger partial charge on any atom is 0.350 e. The van der Waals surface area contributed by atoms with Crippen molar-refractivity contribution in [2.75, 3.05) is 5.32 Å². The standard InChI is InChI=1S/C15H16ClNO4/c1-8-5-11(16)12(6-9(8)2)17-7-10-13(18)20-15(3,4)21-14(10)19/h5-7,17H,1-4H3. The number of aryl methyl sites for hydroxylation is 2. The van der Waals surface area contributed by atoms with Crippen molar-refractivity contribution in [2.24, 2.45) is 0 Å². The third-order valence-corrected chi connectivity index (χ3v) is 3.38. The first kappa shape index (κ1) is 15.4. The number of hydrogen-bond donors (Lipinski definition) is 1. The lowest BCUT2D eigenvalue weighted by Crippen LogP contribution is -2.42. The maximum absolute atomic E-state index is 11.8. The molecule has 1 N–H and O–H groups in total. The molecule has 0 spiro atoms. The van der Waals surface area contributed by atoms with E-state index in [1.807, 2.05) is 19.9 Å². The minimum Gasteiger partial charge on any atom is -0.419 e. The summed E-state index contributed by atoms with van der Waals surface area (Å²) < 4.78 is 9.99. The van der Waals surface area contributed by atoms with Gasteiger partial charge in [-0.25, -0.2) is 9.59 Å². The fourth-order valence-corrected chi connectivity index (χ4v) is 2.09. The second kappa shape index (κ2) is 5.41. The Morgan fingerprint density at radius 1 is 1.10 bits per heavy atom. The number of carbonyl (C=O) groups is 2. The van der Waals surface area contributed by atoms with Gasteiger partial charge in [0.25, 0.3) is 5.79 Å². The van der Waals surface area contributed by atoms with Crippen LogP contribution in [0.1, 0.15) is 25.0 Å². The van der Waals surface area contributed by atoms with Crippen LogP contribution in [0, 0.1) is 13.8 Å². The summed E-state index contributed by atoms with van der Waals surface area (Å²) >= 11 is 6.11. The van der Waals surface area contributed by atoms with Gasteiger partial charge in [-0.05, 0) is 37.1 Å². The fraction of sp³-hybridized carbons (Fsp3) is 0.333. The summed E-state index contributed by atoms with van der Waals surface area (Å²) in [5.41, 5.74) is 2.48. The highest BCUT2D eigenvalue weighted by Gasteiger charge is 2.38. The van der Waals surface area contributed by atoms with Crippen LogP contribution in [0.25, 0.3) is 0 Å². The highest BCUT2D eigenvalue weighted by atomic mass is 35.5. The predicted molar refractivity (Wildman–Crippen MR) is 78.9 cm³/mol. The van der Waals surface area contributed by atoms with Crippen LogP contribution in [0.15, 0.2) is 23.9 Å². The molecule has 0 aliphatic carbocycles. The van der Waals surface area contributed by atoms with E-state index in [9.17, 15) is 9.59 Å². The smallest absolute Gasteiger partial charge is 0.350 e. The fourth-order valence-electron chi connectivity index (χ4n) is 1.82. The molecule has 21 heavy (non-hydrogen) atoms. The molecule has 0 atom stereocenters. The van der Waals surface area contributed by atoms with Crippen molar-refractivity contribution in [3.8, 4) is 0 Å². The van der Waals surface area contributed by atoms with E-state index in [0.29, 0.717) is 10.7 Å². The van der Waals surface area contributed by atoms with Crippen molar-refractivity contribution in [3.05, 3.63) is 40.1 Å². The van der Waals surface area contributed by atoms with E-state index in [-0.39, 0.29) is 5.57 Å². The Labute approximate surface area is 127 Å². The Bertz CT molecular complexity index is 627. The Balaban J connectivity index is 2.24. The summed E-state index contributed by atoms with van der Waals surface area (Å²) in [4.78, 5) is 23.6. The Hall–Kier alpha value is -2.01. The van der Waals surface area contributed by atoms with Crippen molar-refractivity contribution < 1.29 is 19.1 Å². The molecule has 0 amide bonds. The number of esters is 2. The average Bonchev–Trinajstić information content (AvgIpc) is 2.32. The van der Waals surface area contributed by atoms with E-state index >= 15 is 0 Å². The molecule has 1 heterocycles. The van der Waals surface area contributed by atoms with Gasteiger partial charge in [-0.2, -0.15) is 0 Å². The van der Waals surface area contributed by atoms with Crippen LogP contribution in [0.4, 0.5) is 5.69 Å². The number of halogens is 1. The van der Waals surface area contributed by atoms with Crippen molar-refractivity contribution in [2.45, 2.75) is 33.5 Å². The van der Waals surface area contributed by atoms with E-state index in [0.717, 1.165) is 11.1 Å². The van der Waals surface area contributed by atoms with Gasteiger partial charge in [-0.1, -0.05) is 11.6 Å². The van der Waals surface area contributed by atoms with E-state index < -0.39 is 17.7 Å². The molecule has 0 aromatic heterocycles. The highest BCUT2D eigenvalue weighted by Crippen LogP contribution is 2.27. The minimum absolute atomic E-state index is 0.205. The topological polar surface area (TPSA) is 64.6 Å². The largest absolute Gasteiger partial charge is 0.419 e. The van der Waals surface area contributed by atoms with Crippen LogP contribution in [0.5, 0.6) is 0 Å². The summed E-state index contributed by atoms with van der Waals surface area (Å²) in [5.74, 6) is -2.71. The summed E-state index contributed by atoms with van der Waals surface area (Å²) in [6.45, 7) is 6.87. The second-order valence-electron chi connectivity index (χ2n) is 5.30. The molecule has 0 saturated carbocycles. The normalized spacial score (nSPS) is 17.1. The Morgan fingerprint density at radius 2 is 1.62 bits per heavy atom. The number of carbonyl (C=O) groups excluding carboxylic acids is 2. The monoisotopic (exact) mass is 309 g/mol. The highest BCUT2D eigenvalue weighted by molar-refractivity contribution is 6.33. The van der Waals surface area contributed by atoms with Crippen molar-refractivity contribution in [1.82, 2.24) is 0 Å². The van der Waals surface area contributed by atoms with Gasteiger partial charge < -0.3 is 14.8 Å². The average molecular weight is 310 g/mol. The number of anilines is 1. The zero-order valence-electron chi connectivity index (χ0n) is 12.2. The van der Waals surface area contributed by atoms with E-state index in [2.05, 4.69) is 5.32 Å². The third-order valence-electron chi connectivity index (χ3n) is 3.07. The van der Waals surface area contributed by atoms with Gasteiger partial charge in [0.2, 0.25) is 0 Å². The lowest BCUT2D eigenvalue weighted by atomic mass is 10.1. The molecule has 1 aliphatic heterocycles. The molecular weight excluding hydrogens is 294 g/mol. The molecular formula is C15H16ClNO4. The van der Waals surface area contributed by atoms with Crippen LogP contribution < -0.4 is 5.32 Å². The van der Waals surface area contributed by atoms with Crippen LogP contribution in [0.3, 0.4) is 0 Å². The molecule has 2 rings (SSSR count). The zero-order chi connectivity index (χ0) is 15.8. The van der Waals surface area contributed by atoms with Crippen molar-refractivity contribution >= 4 is 29.2 Å². The van der Waals surface area contributed by atoms with Crippen LogP contribution >= 0.6 is 11.6 Å². The van der Waals surface area contributed by atoms with E-state index in [1.54, 1.807) is 6.07 Å². The van der Waals surface area contributed by atoms with Gasteiger partial charge in [-0.15, -0.1) is 0 Å². The molecule has 1 aliphatic rings. The zero-order valence-corrected chi connectivity index (χ0v) is 13.0. The van der Waals surface area contributed by atoms with Crippen molar-refractivity contribution in [3.63, 3.8) is 0 Å². The number of ether oxygens (including phenoxy) is 2.